The highest BCUT2D eigenvalue weighted by atomic mass is 79.9. The van der Waals surface area contributed by atoms with Crippen molar-refractivity contribution in [2.45, 2.75) is 26.2 Å². The van der Waals surface area contributed by atoms with E-state index in [0.29, 0.717) is 0 Å². The van der Waals surface area contributed by atoms with Crippen molar-refractivity contribution in [1.82, 2.24) is 4.90 Å². The third-order valence-corrected chi connectivity index (χ3v) is 3.52. The van der Waals surface area contributed by atoms with Gasteiger partial charge in [0, 0.05) is 5.33 Å². The zero-order chi connectivity index (χ0) is 8.10. The van der Waals surface area contributed by atoms with Crippen molar-refractivity contribution in [3.8, 4) is 0 Å². The number of alkyl halides is 1. The minimum absolute atomic E-state index is 0.937. The molecule has 0 spiro atoms. The predicted molar refractivity (Wildman–Crippen MR) is 53.2 cm³/mol. The quantitative estimate of drug-likeness (QED) is 0.646. The molecule has 1 unspecified atom stereocenters. The summed E-state index contributed by atoms with van der Waals surface area (Å²) in [7, 11) is 0. The third kappa shape index (κ3) is 3.12. The number of rotatable bonds is 2. The molecule has 1 rings (SSSR count). The maximum absolute atomic E-state index is 3.57. The van der Waals surface area contributed by atoms with Crippen LogP contribution in [0.5, 0.6) is 0 Å². The van der Waals surface area contributed by atoms with E-state index >= 15 is 0 Å². The molecule has 0 aromatic heterocycles. The number of hydrogen-bond donors (Lipinski definition) is 0. The molecule has 11 heavy (non-hydrogen) atoms. The second-order valence-electron chi connectivity index (χ2n) is 3.39. The Bertz CT molecular complexity index is 93.7. The molecule has 1 heterocycles. The van der Waals surface area contributed by atoms with Crippen LogP contribution >= 0.6 is 15.9 Å². The highest BCUT2D eigenvalue weighted by Crippen LogP contribution is 2.18. The first-order valence-electron chi connectivity index (χ1n) is 4.65. The molecule has 0 aromatic rings. The van der Waals surface area contributed by atoms with E-state index in [1.807, 2.05) is 0 Å². The van der Waals surface area contributed by atoms with Gasteiger partial charge in [0.25, 0.3) is 0 Å². The van der Waals surface area contributed by atoms with Gasteiger partial charge < -0.3 is 4.90 Å². The van der Waals surface area contributed by atoms with E-state index in [2.05, 4.69) is 27.8 Å². The van der Waals surface area contributed by atoms with Gasteiger partial charge in [-0.3, -0.25) is 0 Å². The molecule has 1 aliphatic heterocycles. The SMILES string of the molecule is CCN1CCCC(CBr)CC1. The molecule has 0 radical (unpaired) electrons. The molecule has 0 aliphatic carbocycles. The van der Waals surface area contributed by atoms with E-state index in [0.717, 1.165) is 5.92 Å². The van der Waals surface area contributed by atoms with Crippen molar-refractivity contribution in [1.29, 1.82) is 0 Å². The Hall–Kier alpha value is 0.440. The van der Waals surface area contributed by atoms with Crippen molar-refractivity contribution in [2.75, 3.05) is 25.0 Å². The maximum Gasteiger partial charge on any atom is 0.00601 e. The van der Waals surface area contributed by atoms with Crippen LogP contribution < -0.4 is 0 Å². The average Bonchev–Trinajstić information content (AvgIpc) is 2.28. The monoisotopic (exact) mass is 219 g/mol. The molecule has 2 heteroatoms. The molecule has 66 valence electrons. The number of likely N-dealkylation sites (tertiary alicyclic amines) is 1. The van der Waals surface area contributed by atoms with Gasteiger partial charge in [0.15, 0.2) is 0 Å². The van der Waals surface area contributed by atoms with E-state index in [1.54, 1.807) is 0 Å². The Labute approximate surface area is 78.3 Å². The zero-order valence-corrected chi connectivity index (χ0v) is 8.94. The summed E-state index contributed by atoms with van der Waals surface area (Å²) in [6, 6.07) is 0. The smallest absolute Gasteiger partial charge is 0.00601 e. The Morgan fingerprint density at radius 3 is 2.82 bits per heavy atom. The van der Waals surface area contributed by atoms with Crippen LogP contribution in [-0.2, 0) is 0 Å². The Morgan fingerprint density at radius 1 is 1.36 bits per heavy atom. The van der Waals surface area contributed by atoms with Gasteiger partial charge in [0.05, 0.1) is 0 Å². The van der Waals surface area contributed by atoms with Crippen molar-refractivity contribution in [3.05, 3.63) is 0 Å². The van der Waals surface area contributed by atoms with Crippen LogP contribution in [0.3, 0.4) is 0 Å². The second kappa shape index (κ2) is 5.15. The van der Waals surface area contributed by atoms with Gasteiger partial charge in [0.1, 0.15) is 0 Å². The van der Waals surface area contributed by atoms with Crippen LogP contribution in [0.2, 0.25) is 0 Å². The van der Waals surface area contributed by atoms with Crippen LogP contribution in [0.1, 0.15) is 26.2 Å². The van der Waals surface area contributed by atoms with Crippen LogP contribution in [0.4, 0.5) is 0 Å². The van der Waals surface area contributed by atoms with Crippen LogP contribution in [-0.4, -0.2) is 29.9 Å². The molecule has 1 aliphatic rings. The molecule has 1 fully saturated rings. The van der Waals surface area contributed by atoms with Gasteiger partial charge in [-0.25, -0.2) is 0 Å². The first-order chi connectivity index (χ1) is 5.36. The summed E-state index contributed by atoms with van der Waals surface area (Å²) in [5.41, 5.74) is 0. The highest BCUT2D eigenvalue weighted by Gasteiger charge is 2.14. The molecule has 1 atom stereocenters. The van der Waals surface area contributed by atoms with E-state index < -0.39 is 0 Å². The zero-order valence-electron chi connectivity index (χ0n) is 7.35. The lowest BCUT2D eigenvalue weighted by Crippen LogP contribution is -2.24. The van der Waals surface area contributed by atoms with Crippen LogP contribution in [0.15, 0.2) is 0 Å². The van der Waals surface area contributed by atoms with Crippen molar-refractivity contribution >= 4 is 15.9 Å². The summed E-state index contributed by atoms with van der Waals surface area (Å²) < 4.78 is 0. The average molecular weight is 220 g/mol. The van der Waals surface area contributed by atoms with Gasteiger partial charge in [-0.1, -0.05) is 22.9 Å². The largest absolute Gasteiger partial charge is 0.304 e. The van der Waals surface area contributed by atoms with Crippen molar-refractivity contribution in [2.24, 2.45) is 5.92 Å². The van der Waals surface area contributed by atoms with Gasteiger partial charge in [-0.15, -0.1) is 0 Å². The minimum Gasteiger partial charge on any atom is -0.304 e. The fourth-order valence-electron chi connectivity index (χ4n) is 1.70. The lowest BCUT2D eigenvalue weighted by molar-refractivity contribution is 0.297. The van der Waals surface area contributed by atoms with E-state index in [9.17, 15) is 0 Å². The Balaban J connectivity index is 2.27. The molecule has 0 N–H and O–H groups in total. The normalized spacial score (nSPS) is 28.4. The molecular weight excluding hydrogens is 202 g/mol. The summed E-state index contributed by atoms with van der Waals surface area (Å²) in [4.78, 5) is 2.56. The maximum atomic E-state index is 3.57. The first-order valence-corrected chi connectivity index (χ1v) is 5.77. The van der Waals surface area contributed by atoms with Crippen LogP contribution in [0.25, 0.3) is 0 Å². The lowest BCUT2D eigenvalue weighted by atomic mass is 10.0. The number of hydrogen-bond acceptors (Lipinski definition) is 1. The summed E-state index contributed by atoms with van der Waals surface area (Å²) in [6.07, 6.45) is 4.20. The molecule has 0 amide bonds. The third-order valence-electron chi connectivity index (χ3n) is 2.61. The molecule has 0 bridgehead atoms. The van der Waals surface area contributed by atoms with Gasteiger partial charge in [-0.2, -0.15) is 0 Å². The first kappa shape index (κ1) is 9.53. The van der Waals surface area contributed by atoms with E-state index in [1.165, 1.54) is 44.2 Å². The minimum atomic E-state index is 0.937. The molecule has 0 saturated carbocycles. The molecule has 1 saturated heterocycles. The molecule has 1 nitrogen and oxygen atoms in total. The molecular formula is C9H18BrN. The lowest BCUT2D eigenvalue weighted by Gasteiger charge is -2.16. The van der Waals surface area contributed by atoms with Gasteiger partial charge in [0.2, 0.25) is 0 Å². The molecule has 0 aromatic carbocycles. The van der Waals surface area contributed by atoms with Crippen molar-refractivity contribution in [3.63, 3.8) is 0 Å². The second-order valence-corrected chi connectivity index (χ2v) is 4.03. The summed E-state index contributed by atoms with van der Waals surface area (Å²) in [6.45, 7) is 6.12. The topological polar surface area (TPSA) is 3.24 Å². The predicted octanol–water partition coefficient (Wildman–Crippen LogP) is 2.50. The number of nitrogens with zero attached hydrogens (tertiary/aromatic N) is 1. The van der Waals surface area contributed by atoms with Crippen LogP contribution in [0, 0.1) is 5.92 Å². The summed E-state index contributed by atoms with van der Waals surface area (Å²) >= 11 is 3.57. The van der Waals surface area contributed by atoms with E-state index in [-0.39, 0.29) is 0 Å². The highest BCUT2D eigenvalue weighted by molar-refractivity contribution is 9.09. The fourth-order valence-corrected chi connectivity index (χ4v) is 2.34. The Kier molecular flexibility index (Phi) is 4.46. The Morgan fingerprint density at radius 2 is 2.18 bits per heavy atom. The standard InChI is InChI=1S/C9H18BrN/c1-2-11-6-3-4-9(8-10)5-7-11/h9H,2-8H2,1H3. The van der Waals surface area contributed by atoms with Gasteiger partial charge in [-0.05, 0) is 44.8 Å². The summed E-state index contributed by atoms with van der Waals surface area (Å²) in [5.74, 6) is 0.937. The van der Waals surface area contributed by atoms with Crippen molar-refractivity contribution < 1.29 is 0 Å². The fraction of sp³-hybridized carbons (Fsp3) is 1.00. The summed E-state index contributed by atoms with van der Waals surface area (Å²) in [5, 5.41) is 1.20. The number of halogens is 1. The van der Waals surface area contributed by atoms with Gasteiger partial charge >= 0.3 is 0 Å². The van der Waals surface area contributed by atoms with E-state index in [4.69, 9.17) is 0 Å².